The summed E-state index contributed by atoms with van der Waals surface area (Å²) >= 11 is 1.56. The molecule has 0 atom stereocenters. The zero-order chi connectivity index (χ0) is 18.5. The van der Waals surface area contributed by atoms with Gasteiger partial charge in [-0.3, -0.25) is 9.69 Å². The zero-order valence-corrected chi connectivity index (χ0v) is 15.6. The topological polar surface area (TPSA) is 20.3 Å². The van der Waals surface area contributed by atoms with Crippen LogP contribution in [-0.2, 0) is 4.79 Å². The molecular weight excluding hydrogens is 350 g/mol. The number of fused-ring (bicyclic) bond motifs is 1. The molecule has 0 bridgehead atoms. The van der Waals surface area contributed by atoms with Gasteiger partial charge in [-0.2, -0.15) is 0 Å². The van der Waals surface area contributed by atoms with Gasteiger partial charge >= 0.3 is 0 Å². The SMILES string of the molecule is O=C(CSc1ccccc1)N(c1ccccc1)c1cccc2ccccc12. The Morgan fingerprint density at radius 1 is 0.704 bits per heavy atom. The van der Waals surface area contributed by atoms with E-state index in [-0.39, 0.29) is 5.91 Å². The minimum absolute atomic E-state index is 0.0615. The van der Waals surface area contributed by atoms with Gasteiger partial charge in [-0.25, -0.2) is 0 Å². The van der Waals surface area contributed by atoms with Gasteiger partial charge in [0.05, 0.1) is 11.4 Å². The fraction of sp³-hybridized carbons (Fsp3) is 0.0417. The van der Waals surface area contributed by atoms with Crippen molar-refractivity contribution in [3.8, 4) is 0 Å². The second-order valence-electron chi connectivity index (χ2n) is 6.16. The molecule has 4 aromatic carbocycles. The molecule has 0 unspecified atom stereocenters. The van der Waals surface area contributed by atoms with Crippen LogP contribution >= 0.6 is 11.8 Å². The molecule has 4 aromatic rings. The highest BCUT2D eigenvalue weighted by Gasteiger charge is 2.20. The van der Waals surface area contributed by atoms with E-state index in [0.717, 1.165) is 27.0 Å². The molecule has 1 amide bonds. The van der Waals surface area contributed by atoms with Crippen LogP contribution in [0, 0.1) is 0 Å². The van der Waals surface area contributed by atoms with Crippen LogP contribution in [0.1, 0.15) is 0 Å². The van der Waals surface area contributed by atoms with Crippen molar-refractivity contribution >= 4 is 39.8 Å². The highest BCUT2D eigenvalue weighted by atomic mass is 32.2. The molecule has 0 aliphatic heterocycles. The first-order chi connectivity index (χ1) is 13.3. The molecule has 4 rings (SSSR count). The van der Waals surface area contributed by atoms with E-state index in [0.29, 0.717) is 5.75 Å². The van der Waals surface area contributed by atoms with Crippen LogP contribution in [0.5, 0.6) is 0 Å². The number of thioether (sulfide) groups is 1. The van der Waals surface area contributed by atoms with E-state index in [4.69, 9.17) is 0 Å². The van der Waals surface area contributed by atoms with Gasteiger partial charge in [0, 0.05) is 16.0 Å². The third-order valence-electron chi connectivity index (χ3n) is 4.38. The summed E-state index contributed by atoms with van der Waals surface area (Å²) < 4.78 is 0. The second kappa shape index (κ2) is 8.11. The second-order valence-corrected chi connectivity index (χ2v) is 7.21. The first-order valence-corrected chi connectivity index (χ1v) is 9.85. The first-order valence-electron chi connectivity index (χ1n) is 8.86. The molecule has 0 aliphatic carbocycles. The molecule has 0 spiro atoms. The van der Waals surface area contributed by atoms with Crippen LogP contribution in [0.15, 0.2) is 108 Å². The van der Waals surface area contributed by atoms with Gasteiger partial charge in [-0.15, -0.1) is 11.8 Å². The van der Waals surface area contributed by atoms with E-state index in [2.05, 4.69) is 18.2 Å². The summed E-state index contributed by atoms with van der Waals surface area (Å²) in [7, 11) is 0. The fourth-order valence-electron chi connectivity index (χ4n) is 3.12. The Morgan fingerprint density at radius 3 is 2.11 bits per heavy atom. The molecule has 0 aromatic heterocycles. The normalized spacial score (nSPS) is 10.7. The molecule has 0 aliphatic rings. The maximum Gasteiger partial charge on any atom is 0.241 e. The van der Waals surface area contributed by atoms with Gasteiger partial charge in [-0.1, -0.05) is 72.8 Å². The summed E-state index contributed by atoms with van der Waals surface area (Å²) in [5.74, 6) is 0.439. The fourth-order valence-corrected chi connectivity index (χ4v) is 3.89. The van der Waals surface area contributed by atoms with E-state index in [1.54, 1.807) is 11.8 Å². The van der Waals surface area contributed by atoms with Crippen LogP contribution in [0.3, 0.4) is 0 Å². The minimum Gasteiger partial charge on any atom is -0.280 e. The van der Waals surface area contributed by atoms with Gasteiger partial charge in [0.25, 0.3) is 0 Å². The molecule has 0 saturated heterocycles. The Hall–Kier alpha value is -3.04. The Bertz CT molecular complexity index is 1040. The number of hydrogen-bond donors (Lipinski definition) is 0. The maximum atomic E-state index is 13.3. The van der Waals surface area contributed by atoms with Gasteiger partial charge in [0.2, 0.25) is 5.91 Å². The Balaban J connectivity index is 1.72. The lowest BCUT2D eigenvalue weighted by atomic mass is 10.1. The van der Waals surface area contributed by atoms with Gasteiger partial charge in [-0.05, 0) is 35.7 Å². The molecule has 3 heteroatoms. The van der Waals surface area contributed by atoms with E-state index < -0.39 is 0 Å². The molecule has 0 N–H and O–H groups in total. The highest BCUT2D eigenvalue weighted by molar-refractivity contribution is 8.00. The number of carbonyl (C=O) groups excluding carboxylic acids is 1. The average Bonchev–Trinajstić information content (AvgIpc) is 2.74. The summed E-state index contributed by atoms with van der Waals surface area (Å²) in [4.78, 5) is 16.2. The van der Waals surface area contributed by atoms with Gasteiger partial charge in [0.15, 0.2) is 0 Å². The van der Waals surface area contributed by atoms with Crippen LogP contribution in [0.25, 0.3) is 10.8 Å². The highest BCUT2D eigenvalue weighted by Crippen LogP contribution is 2.33. The standard InChI is InChI=1S/C24H19NOS/c26-24(18-27-21-14-5-2-6-15-21)25(20-12-3-1-4-13-20)23-17-9-11-19-10-7-8-16-22(19)23/h1-17H,18H2. The van der Waals surface area contributed by atoms with E-state index in [1.165, 1.54) is 0 Å². The lowest BCUT2D eigenvalue weighted by Crippen LogP contribution is -2.27. The quantitative estimate of drug-likeness (QED) is 0.385. The van der Waals surface area contributed by atoms with Crippen molar-refractivity contribution in [2.45, 2.75) is 4.90 Å². The monoisotopic (exact) mass is 369 g/mol. The van der Waals surface area contributed by atoms with Crippen molar-refractivity contribution in [3.63, 3.8) is 0 Å². The maximum absolute atomic E-state index is 13.3. The molecule has 0 fully saturated rings. The summed E-state index contributed by atoms with van der Waals surface area (Å²) in [6.07, 6.45) is 0. The van der Waals surface area contributed by atoms with Gasteiger partial charge in [0.1, 0.15) is 0 Å². The van der Waals surface area contributed by atoms with Crippen molar-refractivity contribution in [1.29, 1.82) is 0 Å². The third kappa shape index (κ3) is 3.88. The minimum atomic E-state index is 0.0615. The van der Waals surface area contributed by atoms with Crippen LogP contribution < -0.4 is 4.90 Å². The first kappa shape index (κ1) is 17.4. The van der Waals surface area contributed by atoms with E-state index >= 15 is 0 Å². The van der Waals surface area contributed by atoms with Crippen LogP contribution in [0.4, 0.5) is 11.4 Å². The van der Waals surface area contributed by atoms with Crippen molar-refractivity contribution in [2.24, 2.45) is 0 Å². The number of rotatable bonds is 5. The summed E-state index contributed by atoms with van der Waals surface area (Å²) in [5, 5.41) is 2.20. The largest absolute Gasteiger partial charge is 0.280 e. The Morgan fingerprint density at radius 2 is 1.33 bits per heavy atom. The number of benzene rings is 4. The predicted molar refractivity (Wildman–Crippen MR) is 115 cm³/mol. The zero-order valence-electron chi connectivity index (χ0n) is 14.8. The molecule has 0 saturated carbocycles. The lowest BCUT2D eigenvalue weighted by molar-refractivity contribution is -0.115. The third-order valence-corrected chi connectivity index (χ3v) is 5.37. The average molecular weight is 369 g/mol. The number of anilines is 2. The smallest absolute Gasteiger partial charge is 0.241 e. The number of para-hydroxylation sites is 1. The molecule has 2 nitrogen and oxygen atoms in total. The number of nitrogens with zero attached hydrogens (tertiary/aromatic N) is 1. The van der Waals surface area contributed by atoms with Crippen molar-refractivity contribution < 1.29 is 4.79 Å². The molecule has 132 valence electrons. The van der Waals surface area contributed by atoms with Crippen LogP contribution in [-0.4, -0.2) is 11.7 Å². The number of hydrogen-bond acceptors (Lipinski definition) is 2. The summed E-state index contributed by atoms with van der Waals surface area (Å²) in [6, 6.07) is 34.1. The molecular formula is C24H19NOS. The predicted octanol–water partition coefficient (Wildman–Crippen LogP) is 6.30. The molecule has 0 heterocycles. The van der Waals surface area contributed by atoms with Crippen molar-refractivity contribution in [1.82, 2.24) is 0 Å². The van der Waals surface area contributed by atoms with E-state index in [9.17, 15) is 4.79 Å². The Labute approximate surface area is 163 Å². The van der Waals surface area contributed by atoms with Gasteiger partial charge < -0.3 is 0 Å². The Kier molecular flexibility index (Phi) is 5.22. The van der Waals surface area contributed by atoms with Crippen molar-refractivity contribution in [2.75, 3.05) is 10.7 Å². The number of carbonyl (C=O) groups is 1. The summed E-state index contributed by atoms with van der Waals surface area (Å²) in [5.41, 5.74) is 1.80. The number of amides is 1. The molecule has 0 radical (unpaired) electrons. The molecule has 27 heavy (non-hydrogen) atoms. The van der Waals surface area contributed by atoms with E-state index in [1.807, 2.05) is 89.8 Å². The van der Waals surface area contributed by atoms with Crippen LogP contribution in [0.2, 0.25) is 0 Å². The van der Waals surface area contributed by atoms with Crippen molar-refractivity contribution in [3.05, 3.63) is 103 Å². The lowest BCUT2D eigenvalue weighted by Gasteiger charge is -2.24. The summed E-state index contributed by atoms with van der Waals surface area (Å²) in [6.45, 7) is 0.